The molecule has 1 aromatic carbocycles. The van der Waals surface area contributed by atoms with Crippen LogP contribution in [0.4, 0.5) is 0 Å². The zero-order chi connectivity index (χ0) is 19.7. The topological polar surface area (TPSA) is 51.7 Å². The molecule has 1 aliphatic rings. The van der Waals surface area contributed by atoms with E-state index in [1.807, 2.05) is 47.4 Å². The van der Waals surface area contributed by atoms with Gasteiger partial charge in [0.2, 0.25) is 0 Å². The van der Waals surface area contributed by atoms with E-state index in [9.17, 15) is 4.79 Å². The molecule has 0 spiro atoms. The molecular formula is C22H22N2O3S. The smallest absolute Gasteiger partial charge is 0.264 e. The van der Waals surface area contributed by atoms with Crippen LogP contribution >= 0.6 is 11.3 Å². The van der Waals surface area contributed by atoms with Gasteiger partial charge in [0.15, 0.2) is 11.5 Å². The van der Waals surface area contributed by atoms with Crippen molar-refractivity contribution in [2.75, 3.05) is 20.8 Å². The van der Waals surface area contributed by atoms with Gasteiger partial charge in [0.25, 0.3) is 5.91 Å². The highest BCUT2D eigenvalue weighted by Crippen LogP contribution is 2.39. The van der Waals surface area contributed by atoms with Crippen molar-refractivity contribution >= 4 is 17.2 Å². The number of pyridine rings is 1. The average Bonchev–Trinajstić information content (AvgIpc) is 3.23. The highest BCUT2D eigenvalue weighted by Gasteiger charge is 2.30. The molecule has 0 N–H and O–H groups in total. The van der Waals surface area contributed by atoms with Crippen LogP contribution in [0.25, 0.3) is 10.6 Å². The summed E-state index contributed by atoms with van der Waals surface area (Å²) in [6.45, 7) is 2.74. The van der Waals surface area contributed by atoms with Gasteiger partial charge in [0.05, 0.1) is 35.7 Å². The molecule has 4 rings (SSSR count). The number of carbonyl (C=O) groups excluding carboxylic acids is 1. The second-order valence-corrected chi connectivity index (χ2v) is 7.79. The second-order valence-electron chi connectivity index (χ2n) is 6.71. The standard InChI is InChI=1S/C22H22N2O3S/c1-14-16-13-19(27-3)18(26-2)12-15(16)9-11-24(14)22(25)21-8-7-20(28-21)17-6-4-5-10-23-17/h4-8,10,12-14H,9,11H2,1-3H3. The van der Waals surface area contributed by atoms with Gasteiger partial charge in [0.1, 0.15) is 0 Å². The van der Waals surface area contributed by atoms with Crippen LogP contribution < -0.4 is 9.47 Å². The number of rotatable bonds is 4. The van der Waals surface area contributed by atoms with E-state index in [0.29, 0.717) is 12.3 Å². The number of hydrogen-bond acceptors (Lipinski definition) is 5. The first-order valence-electron chi connectivity index (χ1n) is 9.19. The van der Waals surface area contributed by atoms with Gasteiger partial charge in [-0.25, -0.2) is 0 Å². The van der Waals surface area contributed by atoms with Crippen molar-refractivity contribution in [2.45, 2.75) is 19.4 Å². The Balaban J connectivity index is 1.61. The number of methoxy groups -OCH3 is 2. The molecule has 3 heterocycles. The van der Waals surface area contributed by atoms with Crippen LogP contribution in [0.2, 0.25) is 0 Å². The normalized spacial score (nSPS) is 15.8. The summed E-state index contributed by atoms with van der Waals surface area (Å²) in [7, 11) is 3.27. The third-order valence-corrected chi connectivity index (χ3v) is 6.28. The summed E-state index contributed by atoms with van der Waals surface area (Å²) in [4.78, 5) is 21.2. The third-order valence-electron chi connectivity index (χ3n) is 5.18. The van der Waals surface area contributed by atoms with Crippen LogP contribution in [0.15, 0.2) is 48.7 Å². The van der Waals surface area contributed by atoms with Gasteiger partial charge in [-0.05, 0) is 60.9 Å². The fraction of sp³-hybridized carbons (Fsp3) is 0.273. The maximum atomic E-state index is 13.2. The van der Waals surface area contributed by atoms with E-state index in [-0.39, 0.29) is 11.9 Å². The first kappa shape index (κ1) is 18.5. The monoisotopic (exact) mass is 394 g/mol. The van der Waals surface area contributed by atoms with Gasteiger partial charge in [-0.15, -0.1) is 11.3 Å². The van der Waals surface area contributed by atoms with Crippen LogP contribution in [0.3, 0.4) is 0 Å². The Labute approximate surface area is 168 Å². The Hall–Kier alpha value is -2.86. The van der Waals surface area contributed by atoms with Crippen molar-refractivity contribution < 1.29 is 14.3 Å². The number of nitrogens with zero attached hydrogens (tertiary/aromatic N) is 2. The molecule has 144 valence electrons. The van der Waals surface area contributed by atoms with Crippen molar-refractivity contribution in [3.05, 3.63) is 64.7 Å². The molecule has 1 aliphatic heterocycles. The van der Waals surface area contributed by atoms with E-state index < -0.39 is 0 Å². The molecule has 0 radical (unpaired) electrons. The summed E-state index contributed by atoms with van der Waals surface area (Å²) < 4.78 is 10.9. The zero-order valence-corrected chi connectivity index (χ0v) is 17.0. The maximum Gasteiger partial charge on any atom is 0.264 e. The van der Waals surface area contributed by atoms with E-state index in [4.69, 9.17) is 9.47 Å². The van der Waals surface area contributed by atoms with Crippen LogP contribution in [0, 0.1) is 0 Å². The Bertz CT molecular complexity index is 1000. The fourth-order valence-corrected chi connectivity index (χ4v) is 4.60. The minimum absolute atomic E-state index is 0.0311. The summed E-state index contributed by atoms with van der Waals surface area (Å²) in [5, 5.41) is 0. The lowest BCUT2D eigenvalue weighted by atomic mass is 9.92. The van der Waals surface area contributed by atoms with Crippen LogP contribution in [0.1, 0.15) is 33.8 Å². The Kier molecular flexibility index (Phi) is 5.05. The minimum Gasteiger partial charge on any atom is -0.493 e. The zero-order valence-electron chi connectivity index (χ0n) is 16.1. The maximum absolute atomic E-state index is 13.2. The van der Waals surface area contributed by atoms with Crippen molar-refractivity contribution in [2.24, 2.45) is 0 Å². The SMILES string of the molecule is COc1cc2c(cc1OC)C(C)N(C(=O)c1ccc(-c3ccccn3)s1)CC2. The molecule has 5 nitrogen and oxygen atoms in total. The van der Waals surface area contributed by atoms with E-state index >= 15 is 0 Å². The average molecular weight is 394 g/mol. The van der Waals surface area contributed by atoms with Crippen molar-refractivity contribution in [1.82, 2.24) is 9.88 Å². The molecule has 1 amide bonds. The highest BCUT2D eigenvalue weighted by atomic mass is 32.1. The summed E-state index contributed by atoms with van der Waals surface area (Å²) in [5.41, 5.74) is 3.20. The fourth-order valence-electron chi connectivity index (χ4n) is 3.66. The number of fused-ring (bicyclic) bond motifs is 1. The number of aromatic nitrogens is 1. The third kappa shape index (κ3) is 3.24. The van der Waals surface area contributed by atoms with Gasteiger partial charge in [-0.2, -0.15) is 0 Å². The van der Waals surface area contributed by atoms with Gasteiger partial charge in [0, 0.05) is 12.7 Å². The largest absolute Gasteiger partial charge is 0.493 e. The molecule has 0 fully saturated rings. The number of hydrogen-bond donors (Lipinski definition) is 0. The van der Waals surface area contributed by atoms with Crippen molar-refractivity contribution in [3.8, 4) is 22.1 Å². The van der Waals surface area contributed by atoms with E-state index in [0.717, 1.165) is 33.2 Å². The van der Waals surface area contributed by atoms with E-state index in [1.165, 1.54) is 16.9 Å². The number of benzene rings is 1. The molecule has 3 aromatic rings. The molecule has 0 aliphatic carbocycles. The summed E-state index contributed by atoms with van der Waals surface area (Å²) in [5.74, 6) is 1.47. The van der Waals surface area contributed by atoms with Gasteiger partial charge in [-0.1, -0.05) is 6.07 Å². The lowest BCUT2D eigenvalue weighted by Gasteiger charge is -2.35. The molecule has 0 saturated heterocycles. The molecule has 0 bridgehead atoms. The lowest BCUT2D eigenvalue weighted by Crippen LogP contribution is -2.38. The number of ether oxygens (including phenoxy) is 2. The number of thiophene rings is 1. The van der Waals surface area contributed by atoms with Gasteiger partial charge >= 0.3 is 0 Å². The molecular weight excluding hydrogens is 372 g/mol. The Morgan fingerprint density at radius 1 is 1.14 bits per heavy atom. The highest BCUT2D eigenvalue weighted by molar-refractivity contribution is 7.17. The van der Waals surface area contributed by atoms with E-state index in [1.54, 1.807) is 20.4 Å². The second kappa shape index (κ2) is 7.64. The molecule has 1 unspecified atom stereocenters. The molecule has 28 heavy (non-hydrogen) atoms. The first-order chi connectivity index (χ1) is 13.6. The molecule has 1 atom stereocenters. The lowest BCUT2D eigenvalue weighted by molar-refractivity contribution is 0.0682. The Morgan fingerprint density at radius 2 is 1.93 bits per heavy atom. The number of amides is 1. The predicted octanol–water partition coefficient (Wildman–Crippen LogP) is 4.59. The van der Waals surface area contributed by atoms with E-state index in [2.05, 4.69) is 11.9 Å². The summed E-state index contributed by atoms with van der Waals surface area (Å²) in [6, 6.07) is 13.7. The minimum atomic E-state index is -0.0311. The van der Waals surface area contributed by atoms with Crippen LogP contribution in [0.5, 0.6) is 11.5 Å². The van der Waals surface area contributed by atoms with Crippen molar-refractivity contribution in [3.63, 3.8) is 0 Å². The van der Waals surface area contributed by atoms with Crippen LogP contribution in [-0.4, -0.2) is 36.6 Å². The first-order valence-corrected chi connectivity index (χ1v) is 10.0. The molecule has 6 heteroatoms. The number of carbonyl (C=O) groups is 1. The molecule has 2 aromatic heterocycles. The summed E-state index contributed by atoms with van der Waals surface area (Å²) in [6.07, 6.45) is 2.56. The van der Waals surface area contributed by atoms with Gasteiger partial charge in [-0.3, -0.25) is 9.78 Å². The molecule has 0 saturated carbocycles. The Morgan fingerprint density at radius 3 is 2.64 bits per heavy atom. The van der Waals surface area contributed by atoms with Crippen LogP contribution in [-0.2, 0) is 6.42 Å². The van der Waals surface area contributed by atoms with Gasteiger partial charge < -0.3 is 14.4 Å². The summed E-state index contributed by atoms with van der Waals surface area (Å²) >= 11 is 1.49. The van der Waals surface area contributed by atoms with Crippen molar-refractivity contribution in [1.29, 1.82) is 0 Å². The predicted molar refractivity (Wildman–Crippen MR) is 110 cm³/mol. The quantitative estimate of drug-likeness (QED) is 0.650.